The second kappa shape index (κ2) is 10.1. The predicted molar refractivity (Wildman–Crippen MR) is 143 cm³/mol. The fourth-order valence-electron chi connectivity index (χ4n) is 4.03. The number of methoxy groups -OCH3 is 1. The number of ether oxygens (including phenoxy) is 1. The molecule has 0 spiro atoms. The normalized spacial score (nSPS) is 18.1. The summed E-state index contributed by atoms with van der Waals surface area (Å²) in [6.07, 6.45) is 0.0675. The number of rotatable bonds is 7. The van der Waals surface area contributed by atoms with Gasteiger partial charge >= 0.3 is 0 Å². The van der Waals surface area contributed by atoms with Crippen molar-refractivity contribution in [3.8, 4) is 5.75 Å². The number of nitrogens with one attached hydrogen (secondary N) is 1. The molecule has 0 aromatic heterocycles. The zero-order valence-electron chi connectivity index (χ0n) is 18.2. The second-order valence-electron chi connectivity index (χ2n) is 8.19. The maximum atomic E-state index is 13.0. The third-order valence-corrected chi connectivity index (χ3v) is 7.48. The number of nitrogens with two attached hydrogens (primary N) is 1. The molecule has 3 aromatic rings. The van der Waals surface area contributed by atoms with E-state index < -0.39 is 22.1 Å². The number of hydrogen-bond acceptors (Lipinski definition) is 4. The Hall–Kier alpha value is -2.15. The Bertz CT molecular complexity index is 1310. The van der Waals surface area contributed by atoms with E-state index in [1.807, 2.05) is 0 Å². The summed E-state index contributed by atoms with van der Waals surface area (Å²) >= 11 is 31.3. The number of Topliss-reactive ketones (excluding diaryl/α,β-unsaturated/α-hetero) is 1. The highest BCUT2D eigenvalue weighted by molar-refractivity contribution is 6.53. The van der Waals surface area contributed by atoms with Crippen LogP contribution < -0.4 is 15.8 Å². The van der Waals surface area contributed by atoms with Gasteiger partial charge in [-0.25, -0.2) is 0 Å². The maximum Gasteiger partial charge on any atom is 0.231 e. The molecule has 2 unspecified atom stereocenters. The van der Waals surface area contributed by atoms with Crippen LogP contribution in [0.5, 0.6) is 5.75 Å². The van der Waals surface area contributed by atoms with Crippen molar-refractivity contribution in [1.82, 2.24) is 0 Å². The van der Waals surface area contributed by atoms with Crippen LogP contribution >= 0.6 is 58.0 Å². The first-order valence-corrected chi connectivity index (χ1v) is 12.3. The summed E-state index contributed by atoms with van der Waals surface area (Å²) in [6.45, 7) is 0. The molecular formula is C25H19Cl5N2O3. The highest BCUT2D eigenvalue weighted by atomic mass is 35.5. The van der Waals surface area contributed by atoms with Crippen molar-refractivity contribution in [1.29, 1.82) is 0 Å². The SMILES string of the molecule is COc1ccc(CC(=O)c2cc(NC(=O)C3C(c4cc(Cl)cc(Cl)c4)C3(Cl)Cl)ccc2Cl)cc1N. The van der Waals surface area contributed by atoms with Gasteiger partial charge in [0.15, 0.2) is 5.78 Å². The lowest BCUT2D eigenvalue weighted by Crippen LogP contribution is -2.17. The molecule has 10 heteroatoms. The van der Waals surface area contributed by atoms with Crippen LogP contribution in [0.1, 0.15) is 27.4 Å². The molecule has 1 aliphatic rings. The van der Waals surface area contributed by atoms with Crippen molar-refractivity contribution in [3.63, 3.8) is 0 Å². The van der Waals surface area contributed by atoms with Crippen LogP contribution in [0.3, 0.4) is 0 Å². The third kappa shape index (κ3) is 5.50. The number of nitrogen functional groups attached to an aromatic ring is 1. The maximum absolute atomic E-state index is 13.0. The van der Waals surface area contributed by atoms with Gasteiger partial charge in [-0.2, -0.15) is 0 Å². The Labute approximate surface area is 227 Å². The first-order valence-electron chi connectivity index (χ1n) is 10.4. The molecule has 0 saturated heterocycles. The molecule has 3 aromatic carbocycles. The van der Waals surface area contributed by atoms with Gasteiger partial charge in [0.1, 0.15) is 10.1 Å². The number of anilines is 2. The molecule has 1 fully saturated rings. The van der Waals surface area contributed by atoms with E-state index in [0.717, 1.165) is 0 Å². The standard InChI is InChI=1S/C25H19Cl5N2O3/c1-35-21-5-2-12(6-19(21)31)7-20(33)17-11-16(3-4-18(17)28)32-24(34)23-22(25(23,29)30)13-8-14(26)10-15(27)9-13/h2-6,8-11,22-23H,7,31H2,1H3,(H,32,34). The van der Waals surface area contributed by atoms with E-state index in [9.17, 15) is 9.59 Å². The lowest BCUT2D eigenvalue weighted by molar-refractivity contribution is -0.117. The highest BCUT2D eigenvalue weighted by Gasteiger charge is 2.67. The summed E-state index contributed by atoms with van der Waals surface area (Å²) in [5, 5.41) is 3.88. The topological polar surface area (TPSA) is 81.4 Å². The predicted octanol–water partition coefficient (Wildman–Crippen LogP) is 7.19. The number of amides is 1. The first kappa shape index (κ1) is 25.9. The van der Waals surface area contributed by atoms with Crippen LogP contribution in [0, 0.1) is 5.92 Å². The summed E-state index contributed by atoms with van der Waals surface area (Å²) in [7, 11) is 1.52. The fraction of sp³-hybridized carbons (Fsp3) is 0.200. The van der Waals surface area contributed by atoms with Crippen LogP contribution in [-0.4, -0.2) is 23.1 Å². The zero-order valence-corrected chi connectivity index (χ0v) is 22.0. The molecule has 2 atom stereocenters. The molecule has 1 amide bonds. The number of benzene rings is 3. The number of ketones is 1. The average molecular weight is 573 g/mol. The van der Waals surface area contributed by atoms with Crippen molar-refractivity contribution in [2.75, 3.05) is 18.2 Å². The summed E-state index contributed by atoms with van der Waals surface area (Å²) < 4.78 is 3.82. The van der Waals surface area contributed by atoms with E-state index >= 15 is 0 Å². The van der Waals surface area contributed by atoms with Gasteiger partial charge < -0.3 is 15.8 Å². The quantitative estimate of drug-likeness (QED) is 0.178. The average Bonchev–Trinajstić information content (AvgIpc) is 3.36. The summed E-state index contributed by atoms with van der Waals surface area (Å²) in [5.41, 5.74) is 8.37. The molecule has 1 aliphatic carbocycles. The Kier molecular flexibility index (Phi) is 7.46. The van der Waals surface area contributed by atoms with Gasteiger partial charge in [-0.05, 0) is 59.7 Å². The molecular weight excluding hydrogens is 554 g/mol. The van der Waals surface area contributed by atoms with Gasteiger partial charge in [-0.15, -0.1) is 23.2 Å². The number of alkyl halides is 2. The van der Waals surface area contributed by atoms with E-state index in [2.05, 4.69) is 5.32 Å². The summed E-state index contributed by atoms with van der Waals surface area (Å²) in [4.78, 5) is 26.0. The summed E-state index contributed by atoms with van der Waals surface area (Å²) in [5.74, 6) is -1.34. The molecule has 1 saturated carbocycles. The smallest absolute Gasteiger partial charge is 0.231 e. The minimum absolute atomic E-state index is 0.0675. The van der Waals surface area contributed by atoms with E-state index in [1.165, 1.54) is 13.2 Å². The van der Waals surface area contributed by atoms with Gasteiger partial charge in [-0.1, -0.05) is 40.9 Å². The summed E-state index contributed by atoms with van der Waals surface area (Å²) in [6, 6.07) is 14.7. The molecule has 35 heavy (non-hydrogen) atoms. The molecule has 3 N–H and O–H groups in total. The molecule has 0 bridgehead atoms. The van der Waals surface area contributed by atoms with E-state index in [-0.39, 0.29) is 22.8 Å². The minimum Gasteiger partial charge on any atom is -0.495 e. The van der Waals surface area contributed by atoms with Crippen molar-refractivity contribution >= 4 is 81.1 Å². The Morgan fingerprint density at radius 2 is 1.69 bits per heavy atom. The van der Waals surface area contributed by atoms with Gasteiger partial charge in [0.25, 0.3) is 0 Å². The van der Waals surface area contributed by atoms with Crippen LogP contribution in [0.2, 0.25) is 15.1 Å². The molecule has 5 nitrogen and oxygen atoms in total. The Morgan fingerprint density at radius 3 is 2.31 bits per heavy atom. The van der Waals surface area contributed by atoms with Crippen LogP contribution in [0.15, 0.2) is 54.6 Å². The highest BCUT2D eigenvalue weighted by Crippen LogP contribution is 2.65. The molecule has 0 aliphatic heterocycles. The van der Waals surface area contributed by atoms with Crippen LogP contribution in [0.25, 0.3) is 0 Å². The van der Waals surface area contributed by atoms with Crippen molar-refractivity contribution in [2.24, 2.45) is 5.92 Å². The van der Waals surface area contributed by atoms with Crippen LogP contribution in [0.4, 0.5) is 11.4 Å². The van der Waals surface area contributed by atoms with E-state index in [0.29, 0.717) is 38.3 Å². The largest absolute Gasteiger partial charge is 0.495 e. The number of halogens is 5. The van der Waals surface area contributed by atoms with Gasteiger partial charge in [-0.3, -0.25) is 9.59 Å². The number of hydrogen-bond donors (Lipinski definition) is 2. The molecule has 4 rings (SSSR count). The molecule has 0 radical (unpaired) electrons. The van der Waals surface area contributed by atoms with Crippen molar-refractivity contribution in [3.05, 3.63) is 86.4 Å². The van der Waals surface area contributed by atoms with Crippen LogP contribution in [-0.2, 0) is 11.2 Å². The lowest BCUT2D eigenvalue weighted by Gasteiger charge is -2.10. The van der Waals surface area contributed by atoms with Gasteiger partial charge in [0, 0.05) is 33.6 Å². The molecule has 182 valence electrons. The van der Waals surface area contributed by atoms with Crippen molar-refractivity contribution < 1.29 is 14.3 Å². The molecule has 0 heterocycles. The minimum atomic E-state index is -1.32. The van der Waals surface area contributed by atoms with Crippen molar-refractivity contribution in [2.45, 2.75) is 16.7 Å². The Balaban J connectivity index is 1.50. The third-order valence-electron chi connectivity index (χ3n) is 5.77. The zero-order chi connectivity index (χ0) is 25.5. The van der Waals surface area contributed by atoms with E-state index in [4.69, 9.17) is 68.5 Å². The lowest BCUT2D eigenvalue weighted by atomic mass is 10.0. The monoisotopic (exact) mass is 570 g/mol. The van der Waals surface area contributed by atoms with Gasteiger partial charge in [0.05, 0.1) is 23.7 Å². The number of carbonyl (C=O) groups is 2. The second-order valence-corrected chi connectivity index (χ2v) is 10.9. The number of carbonyl (C=O) groups excluding carboxylic acids is 2. The fourth-order valence-corrected chi connectivity index (χ4v) is 5.63. The Morgan fingerprint density at radius 1 is 1.00 bits per heavy atom. The van der Waals surface area contributed by atoms with E-state index in [1.54, 1.807) is 48.5 Å². The van der Waals surface area contributed by atoms with Gasteiger partial charge in [0.2, 0.25) is 5.91 Å². The first-order chi connectivity index (χ1) is 16.5.